The predicted octanol–water partition coefficient (Wildman–Crippen LogP) is 3.28. The van der Waals surface area contributed by atoms with Gasteiger partial charge in [-0.25, -0.2) is 0 Å². The van der Waals surface area contributed by atoms with Crippen molar-refractivity contribution < 1.29 is 9.53 Å². The van der Waals surface area contributed by atoms with Crippen LogP contribution in [0.4, 0.5) is 0 Å². The largest absolute Gasteiger partial charge is 0.496 e. The Labute approximate surface area is 104 Å². The zero-order chi connectivity index (χ0) is 11.5. The van der Waals surface area contributed by atoms with E-state index in [9.17, 15) is 4.79 Å². The van der Waals surface area contributed by atoms with Crippen LogP contribution in [0.3, 0.4) is 0 Å². The highest BCUT2D eigenvalue weighted by atomic mass is 35.5. The van der Waals surface area contributed by atoms with Gasteiger partial charge in [0.2, 0.25) is 0 Å². The van der Waals surface area contributed by atoms with Crippen molar-refractivity contribution in [3.63, 3.8) is 0 Å². The molecule has 0 aromatic heterocycles. The number of Topliss-reactive ketones (excluding diaryl/α,β-unsaturated/α-hetero) is 1. The second kappa shape index (κ2) is 5.11. The maximum absolute atomic E-state index is 12.2. The fourth-order valence-electron chi connectivity index (χ4n) is 1.83. The van der Waals surface area contributed by atoms with Crippen LogP contribution in [0.15, 0.2) is 18.2 Å². The van der Waals surface area contributed by atoms with E-state index in [4.69, 9.17) is 16.3 Å². The number of rotatable bonds is 3. The van der Waals surface area contributed by atoms with Crippen LogP contribution in [0.25, 0.3) is 0 Å². The normalized spacial score (nSPS) is 19.8. The summed E-state index contributed by atoms with van der Waals surface area (Å²) in [6, 6.07) is 5.18. The van der Waals surface area contributed by atoms with Gasteiger partial charge in [-0.2, -0.15) is 11.8 Å². The molecule has 1 aliphatic rings. The molecule has 0 aliphatic carbocycles. The molecule has 0 N–H and O–H groups in total. The summed E-state index contributed by atoms with van der Waals surface area (Å²) in [5, 5.41) is 0.592. The molecule has 86 valence electrons. The van der Waals surface area contributed by atoms with E-state index in [1.54, 1.807) is 25.3 Å². The summed E-state index contributed by atoms with van der Waals surface area (Å²) in [5.74, 6) is 2.89. The molecule has 0 radical (unpaired) electrons. The van der Waals surface area contributed by atoms with Gasteiger partial charge < -0.3 is 4.74 Å². The van der Waals surface area contributed by atoms with Crippen molar-refractivity contribution in [2.24, 2.45) is 5.92 Å². The van der Waals surface area contributed by atoms with Crippen molar-refractivity contribution in [2.75, 3.05) is 18.6 Å². The van der Waals surface area contributed by atoms with Gasteiger partial charge in [0, 0.05) is 16.7 Å². The van der Waals surface area contributed by atoms with Crippen LogP contribution in [-0.4, -0.2) is 24.4 Å². The second-order valence-corrected chi connectivity index (χ2v) is 5.36. The van der Waals surface area contributed by atoms with Gasteiger partial charge >= 0.3 is 0 Å². The molecule has 2 rings (SSSR count). The number of carbonyl (C=O) groups is 1. The predicted molar refractivity (Wildman–Crippen MR) is 67.8 cm³/mol. The number of hydrogen-bond acceptors (Lipinski definition) is 3. The van der Waals surface area contributed by atoms with Crippen LogP contribution < -0.4 is 4.74 Å². The Balaban J connectivity index is 2.28. The zero-order valence-electron chi connectivity index (χ0n) is 9.03. The molecular weight excluding hydrogens is 244 g/mol. The van der Waals surface area contributed by atoms with Gasteiger partial charge in [-0.3, -0.25) is 4.79 Å². The van der Waals surface area contributed by atoms with Crippen LogP contribution >= 0.6 is 23.4 Å². The molecule has 2 nitrogen and oxygen atoms in total. The molecular formula is C12H13ClO2S. The summed E-state index contributed by atoms with van der Waals surface area (Å²) in [4.78, 5) is 12.2. The van der Waals surface area contributed by atoms with Crippen LogP contribution in [0.1, 0.15) is 16.8 Å². The minimum Gasteiger partial charge on any atom is -0.496 e. The van der Waals surface area contributed by atoms with E-state index in [-0.39, 0.29) is 11.7 Å². The SMILES string of the molecule is COc1cc(Cl)ccc1C(=O)C1CCSC1. The first-order valence-corrected chi connectivity index (χ1v) is 6.71. The summed E-state index contributed by atoms with van der Waals surface area (Å²) < 4.78 is 5.19. The average Bonchev–Trinajstić information content (AvgIpc) is 2.81. The lowest BCUT2D eigenvalue weighted by molar-refractivity contribution is 0.0930. The monoisotopic (exact) mass is 256 g/mol. The lowest BCUT2D eigenvalue weighted by Crippen LogP contribution is -2.14. The number of halogens is 1. The number of ether oxygens (including phenoxy) is 1. The second-order valence-electron chi connectivity index (χ2n) is 3.77. The van der Waals surface area contributed by atoms with Crippen molar-refractivity contribution in [3.05, 3.63) is 28.8 Å². The summed E-state index contributed by atoms with van der Waals surface area (Å²) in [5.41, 5.74) is 0.652. The number of carbonyl (C=O) groups excluding carboxylic acids is 1. The van der Waals surface area contributed by atoms with E-state index in [1.165, 1.54) is 0 Å². The molecule has 1 aliphatic heterocycles. The topological polar surface area (TPSA) is 26.3 Å². The molecule has 1 fully saturated rings. The van der Waals surface area contributed by atoms with Crippen LogP contribution in [0.5, 0.6) is 5.75 Å². The third-order valence-electron chi connectivity index (χ3n) is 2.73. The zero-order valence-corrected chi connectivity index (χ0v) is 10.6. The van der Waals surface area contributed by atoms with Crippen molar-refractivity contribution in [2.45, 2.75) is 6.42 Å². The average molecular weight is 257 g/mol. The van der Waals surface area contributed by atoms with E-state index in [0.29, 0.717) is 16.3 Å². The number of thioether (sulfide) groups is 1. The molecule has 1 unspecified atom stereocenters. The van der Waals surface area contributed by atoms with E-state index in [0.717, 1.165) is 17.9 Å². The van der Waals surface area contributed by atoms with E-state index in [2.05, 4.69) is 0 Å². The molecule has 0 bridgehead atoms. The molecule has 1 heterocycles. The van der Waals surface area contributed by atoms with Crippen LogP contribution in [0.2, 0.25) is 5.02 Å². The quantitative estimate of drug-likeness (QED) is 0.777. The fourth-order valence-corrected chi connectivity index (χ4v) is 3.21. The number of hydrogen-bond donors (Lipinski definition) is 0. The number of methoxy groups -OCH3 is 1. The van der Waals surface area contributed by atoms with Gasteiger partial charge in [-0.15, -0.1) is 0 Å². The lowest BCUT2D eigenvalue weighted by Gasteiger charge is -2.11. The fraction of sp³-hybridized carbons (Fsp3) is 0.417. The highest BCUT2D eigenvalue weighted by Gasteiger charge is 2.26. The molecule has 0 spiro atoms. The highest BCUT2D eigenvalue weighted by Crippen LogP contribution is 2.31. The van der Waals surface area contributed by atoms with Gasteiger partial charge in [0.25, 0.3) is 0 Å². The maximum Gasteiger partial charge on any atom is 0.170 e. The summed E-state index contributed by atoms with van der Waals surface area (Å²) in [7, 11) is 1.56. The lowest BCUT2D eigenvalue weighted by atomic mass is 9.96. The van der Waals surface area contributed by atoms with Crippen LogP contribution in [-0.2, 0) is 0 Å². The Bertz CT molecular complexity index is 400. The first kappa shape index (κ1) is 11.8. The van der Waals surface area contributed by atoms with E-state index >= 15 is 0 Å². The molecule has 16 heavy (non-hydrogen) atoms. The molecule has 1 aromatic rings. The summed E-state index contributed by atoms with van der Waals surface area (Å²) >= 11 is 7.70. The molecule has 0 saturated carbocycles. The number of benzene rings is 1. The first-order valence-electron chi connectivity index (χ1n) is 5.18. The van der Waals surface area contributed by atoms with Crippen molar-refractivity contribution >= 4 is 29.1 Å². The Hall–Kier alpha value is -0.670. The molecule has 1 saturated heterocycles. The Morgan fingerprint density at radius 1 is 1.56 bits per heavy atom. The van der Waals surface area contributed by atoms with Crippen molar-refractivity contribution in [1.82, 2.24) is 0 Å². The van der Waals surface area contributed by atoms with Gasteiger partial charge in [0.15, 0.2) is 5.78 Å². The minimum atomic E-state index is 0.139. The summed E-state index contributed by atoms with van der Waals surface area (Å²) in [6.07, 6.45) is 0.968. The van der Waals surface area contributed by atoms with Crippen molar-refractivity contribution in [1.29, 1.82) is 0 Å². The maximum atomic E-state index is 12.2. The minimum absolute atomic E-state index is 0.139. The molecule has 4 heteroatoms. The van der Waals surface area contributed by atoms with Crippen LogP contribution in [0, 0.1) is 5.92 Å². The van der Waals surface area contributed by atoms with Gasteiger partial charge in [-0.1, -0.05) is 11.6 Å². The van der Waals surface area contributed by atoms with E-state index in [1.807, 2.05) is 11.8 Å². The highest BCUT2D eigenvalue weighted by molar-refractivity contribution is 7.99. The number of ketones is 1. The Morgan fingerprint density at radius 3 is 3.00 bits per heavy atom. The van der Waals surface area contributed by atoms with Gasteiger partial charge in [0.1, 0.15) is 5.75 Å². The molecule has 0 amide bonds. The smallest absolute Gasteiger partial charge is 0.170 e. The first-order chi connectivity index (χ1) is 7.72. The van der Waals surface area contributed by atoms with Gasteiger partial charge in [-0.05, 0) is 30.4 Å². The van der Waals surface area contributed by atoms with E-state index < -0.39 is 0 Å². The third-order valence-corrected chi connectivity index (χ3v) is 4.13. The van der Waals surface area contributed by atoms with Gasteiger partial charge in [0.05, 0.1) is 12.7 Å². The van der Waals surface area contributed by atoms with Crippen molar-refractivity contribution in [3.8, 4) is 5.75 Å². The Morgan fingerprint density at radius 2 is 2.38 bits per heavy atom. The molecule has 1 atom stereocenters. The summed E-state index contributed by atoms with van der Waals surface area (Å²) in [6.45, 7) is 0. The molecule has 1 aromatic carbocycles. The Kier molecular flexibility index (Phi) is 3.77. The standard InChI is InChI=1S/C12H13ClO2S/c1-15-11-6-9(13)2-3-10(11)12(14)8-4-5-16-7-8/h2-3,6,8H,4-5,7H2,1H3. The third kappa shape index (κ3) is 2.36.